The van der Waals surface area contributed by atoms with Crippen LogP contribution in [0.5, 0.6) is 0 Å². The largest absolute Gasteiger partial charge is 0.396 e. The van der Waals surface area contributed by atoms with Crippen molar-refractivity contribution in [2.45, 2.75) is 13.3 Å². The molecule has 15 heavy (non-hydrogen) atoms. The minimum absolute atomic E-state index is 0.133. The third-order valence-corrected chi connectivity index (χ3v) is 2.08. The zero-order valence-corrected chi connectivity index (χ0v) is 8.66. The minimum atomic E-state index is -0.232. The second-order valence-corrected chi connectivity index (χ2v) is 3.53. The van der Waals surface area contributed by atoms with E-state index in [1.165, 1.54) is 6.07 Å². The van der Waals surface area contributed by atoms with Crippen molar-refractivity contribution in [3.8, 4) is 0 Å². The Morgan fingerprint density at radius 1 is 1.80 bits per heavy atom. The lowest BCUT2D eigenvalue weighted by Gasteiger charge is -2.09. The molecule has 1 aromatic heterocycles. The van der Waals surface area contributed by atoms with Crippen LogP contribution >= 0.6 is 0 Å². The van der Waals surface area contributed by atoms with E-state index >= 15 is 0 Å². The molecule has 6 heteroatoms. The molecular formula is C9H16N4O2. The van der Waals surface area contributed by atoms with Crippen LogP contribution in [-0.4, -0.2) is 34.4 Å². The Labute approximate surface area is 87.9 Å². The maximum absolute atomic E-state index is 11.5. The average molecular weight is 212 g/mol. The predicted molar refractivity (Wildman–Crippen MR) is 56.2 cm³/mol. The molecule has 1 amide bonds. The van der Waals surface area contributed by atoms with Gasteiger partial charge < -0.3 is 16.2 Å². The highest BCUT2D eigenvalue weighted by molar-refractivity contribution is 5.92. The van der Waals surface area contributed by atoms with Gasteiger partial charge in [-0.15, -0.1) is 0 Å². The van der Waals surface area contributed by atoms with Crippen LogP contribution in [0.4, 0.5) is 5.82 Å². The lowest BCUT2D eigenvalue weighted by atomic mass is 10.1. The van der Waals surface area contributed by atoms with Gasteiger partial charge in [0.15, 0.2) is 0 Å². The van der Waals surface area contributed by atoms with Crippen molar-refractivity contribution < 1.29 is 9.90 Å². The zero-order valence-electron chi connectivity index (χ0n) is 8.66. The molecule has 0 saturated carbocycles. The number of aliphatic hydroxyl groups is 1. The summed E-state index contributed by atoms with van der Waals surface area (Å²) < 4.78 is 0. The van der Waals surface area contributed by atoms with Crippen LogP contribution in [0.15, 0.2) is 6.07 Å². The number of rotatable bonds is 5. The van der Waals surface area contributed by atoms with Crippen LogP contribution in [-0.2, 0) is 0 Å². The molecule has 1 atom stereocenters. The summed E-state index contributed by atoms with van der Waals surface area (Å²) in [5.74, 6) is 0.312. The number of carbonyl (C=O) groups is 1. The molecule has 1 unspecified atom stereocenters. The summed E-state index contributed by atoms with van der Waals surface area (Å²) in [7, 11) is 0. The number of nitrogens with zero attached hydrogens (tertiary/aromatic N) is 1. The minimum Gasteiger partial charge on any atom is -0.396 e. The molecule has 1 heterocycles. The second kappa shape index (κ2) is 5.35. The van der Waals surface area contributed by atoms with E-state index in [-0.39, 0.29) is 18.4 Å². The van der Waals surface area contributed by atoms with Crippen molar-refractivity contribution >= 4 is 11.7 Å². The van der Waals surface area contributed by atoms with Gasteiger partial charge in [-0.05, 0) is 12.3 Å². The molecule has 6 nitrogen and oxygen atoms in total. The quantitative estimate of drug-likeness (QED) is 0.539. The highest BCUT2D eigenvalue weighted by Crippen LogP contribution is 2.02. The number of H-pyrrole nitrogens is 1. The molecule has 0 aliphatic carbocycles. The van der Waals surface area contributed by atoms with Gasteiger partial charge >= 0.3 is 0 Å². The van der Waals surface area contributed by atoms with E-state index in [0.717, 1.165) is 0 Å². The van der Waals surface area contributed by atoms with Crippen LogP contribution in [0.1, 0.15) is 23.8 Å². The van der Waals surface area contributed by atoms with Gasteiger partial charge in [0.1, 0.15) is 11.5 Å². The molecule has 0 bridgehead atoms. The number of nitrogen functional groups attached to an aromatic ring is 1. The summed E-state index contributed by atoms with van der Waals surface area (Å²) in [5.41, 5.74) is 5.72. The molecule has 1 aromatic rings. The molecule has 0 fully saturated rings. The number of nitrogens with two attached hydrogens (primary N) is 1. The first kappa shape index (κ1) is 11.5. The van der Waals surface area contributed by atoms with E-state index in [2.05, 4.69) is 15.5 Å². The number of nitrogens with one attached hydrogen (secondary N) is 2. The summed E-state index contributed by atoms with van der Waals surface area (Å²) in [5, 5.41) is 17.6. The maximum atomic E-state index is 11.5. The monoisotopic (exact) mass is 212 g/mol. The van der Waals surface area contributed by atoms with Gasteiger partial charge in [0.25, 0.3) is 5.91 Å². The molecule has 0 aliphatic heterocycles. The Kier molecular flexibility index (Phi) is 4.11. The van der Waals surface area contributed by atoms with Gasteiger partial charge in [-0.3, -0.25) is 9.89 Å². The Balaban J connectivity index is 2.36. The van der Waals surface area contributed by atoms with Crippen LogP contribution in [0.25, 0.3) is 0 Å². The van der Waals surface area contributed by atoms with Gasteiger partial charge in [0.05, 0.1) is 0 Å². The number of hydrogen-bond acceptors (Lipinski definition) is 4. The first-order chi connectivity index (χ1) is 7.13. The molecular weight excluding hydrogens is 196 g/mol. The van der Waals surface area contributed by atoms with Crippen molar-refractivity contribution in [3.63, 3.8) is 0 Å². The fourth-order valence-corrected chi connectivity index (χ4v) is 1.14. The second-order valence-electron chi connectivity index (χ2n) is 3.53. The van der Waals surface area contributed by atoms with E-state index in [4.69, 9.17) is 10.8 Å². The number of aliphatic hydroxyl groups excluding tert-OH is 1. The van der Waals surface area contributed by atoms with Crippen molar-refractivity contribution in [2.24, 2.45) is 5.92 Å². The summed E-state index contributed by atoms with van der Waals surface area (Å²) >= 11 is 0. The van der Waals surface area contributed by atoms with E-state index < -0.39 is 0 Å². The first-order valence-corrected chi connectivity index (χ1v) is 4.83. The Morgan fingerprint density at radius 2 is 2.53 bits per heavy atom. The number of anilines is 1. The molecule has 0 aromatic carbocycles. The Morgan fingerprint density at radius 3 is 3.07 bits per heavy atom. The van der Waals surface area contributed by atoms with Gasteiger partial charge in [0, 0.05) is 19.2 Å². The number of carbonyl (C=O) groups excluding carboxylic acids is 1. The number of aromatic nitrogens is 2. The predicted octanol–water partition coefficient (Wildman–Crippen LogP) is -0.260. The van der Waals surface area contributed by atoms with Crippen LogP contribution < -0.4 is 11.1 Å². The van der Waals surface area contributed by atoms with Crippen LogP contribution in [0.2, 0.25) is 0 Å². The van der Waals surface area contributed by atoms with E-state index in [0.29, 0.717) is 24.5 Å². The van der Waals surface area contributed by atoms with Gasteiger partial charge in [0.2, 0.25) is 0 Å². The van der Waals surface area contributed by atoms with Crippen molar-refractivity contribution in [1.82, 2.24) is 15.5 Å². The smallest absolute Gasteiger partial charge is 0.269 e. The zero-order chi connectivity index (χ0) is 11.3. The van der Waals surface area contributed by atoms with Gasteiger partial charge in [-0.2, -0.15) is 5.10 Å². The SMILES string of the molecule is CC(CCO)CNC(=O)c1cc(N)n[nH]1. The topological polar surface area (TPSA) is 104 Å². The number of hydrogen-bond donors (Lipinski definition) is 4. The molecule has 0 aliphatic rings. The molecule has 0 saturated heterocycles. The summed E-state index contributed by atoms with van der Waals surface area (Å²) in [6.45, 7) is 2.62. The first-order valence-electron chi connectivity index (χ1n) is 4.83. The maximum Gasteiger partial charge on any atom is 0.269 e. The number of amides is 1. The van der Waals surface area contributed by atoms with E-state index in [9.17, 15) is 4.79 Å². The Hall–Kier alpha value is -1.56. The lowest BCUT2D eigenvalue weighted by molar-refractivity contribution is 0.0940. The molecule has 84 valence electrons. The lowest BCUT2D eigenvalue weighted by Crippen LogP contribution is -2.28. The normalized spacial score (nSPS) is 12.4. The summed E-state index contributed by atoms with van der Waals surface area (Å²) in [4.78, 5) is 11.5. The van der Waals surface area contributed by atoms with Gasteiger partial charge in [-0.25, -0.2) is 0 Å². The molecule has 1 rings (SSSR count). The molecule has 5 N–H and O–H groups in total. The third-order valence-electron chi connectivity index (χ3n) is 2.08. The van der Waals surface area contributed by atoms with Crippen LogP contribution in [0.3, 0.4) is 0 Å². The van der Waals surface area contributed by atoms with Gasteiger partial charge in [-0.1, -0.05) is 6.92 Å². The fourth-order valence-electron chi connectivity index (χ4n) is 1.14. The van der Waals surface area contributed by atoms with Crippen molar-refractivity contribution in [3.05, 3.63) is 11.8 Å². The van der Waals surface area contributed by atoms with E-state index in [1.807, 2.05) is 6.92 Å². The number of aromatic amines is 1. The standard InChI is InChI=1S/C9H16N4O2/c1-6(2-3-14)5-11-9(15)7-4-8(10)13-12-7/h4,6,14H,2-3,5H2,1H3,(H,11,15)(H3,10,12,13). The van der Waals surface area contributed by atoms with Crippen LogP contribution in [0, 0.1) is 5.92 Å². The fraction of sp³-hybridized carbons (Fsp3) is 0.556. The molecule has 0 spiro atoms. The Bertz CT molecular complexity index is 324. The van der Waals surface area contributed by atoms with E-state index in [1.54, 1.807) is 0 Å². The molecule has 0 radical (unpaired) electrons. The highest BCUT2D eigenvalue weighted by atomic mass is 16.3. The highest BCUT2D eigenvalue weighted by Gasteiger charge is 2.09. The summed E-state index contributed by atoms with van der Waals surface area (Å²) in [6.07, 6.45) is 0.672. The third kappa shape index (κ3) is 3.59. The average Bonchev–Trinajstić information content (AvgIpc) is 2.62. The van der Waals surface area contributed by atoms with Crippen molar-refractivity contribution in [2.75, 3.05) is 18.9 Å². The van der Waals surface area contributed by atoms with Crippen molar-refractivity contribution in [1.29, 1.82) is 0 Å². The summed E-state index contributed by atoms with van der Waals surface area (Å²) in [6, 6.07) is 1.48.